The van der Waals surface area contributed by atoms with E-state index in [4.69, 9.17) is 0 Å². The first kappa shape index (κ1) is 106. The molecule has 100 heavy (non-hydrogen) atoms. The molecular formula is C80H152Mg2N8O4Si4Zn2+4. The van der Waals surface area contributed by atoms with Crippen molar-refractivity contribution < 1.29 is 80.6 Å². The van der Waals surface area contributed by atoms with Crippen molar-refractivity contribution in [2.45, 2.75) is 263 Å². The van der Waals surface area contributed by atoms with Gasteiger partial charge >= 0.3 is 46.1 Å². The fourth-order valence-corrected chi connectivity index (χ4v) is 30.5. The van der Waals surface area contributed by atoms with Crippen molar-refractivity contribution in [1.82, 2.24) is 21.3 Å². The summed E-state index contributed by atoms with van der Waals surface area (Å²) in [5, 5.41) is 76.6. The van der Waals surface area contributed by atoms with Crippen molar-refractivity contribution in [3.05, 3.63) is 123 Å². The monoisotopic (exact) mass is 1580 g/mol. The van der Waals surface area contributed by atoms with Crippen LogP contribution in [0.25, 0.3) is 0 Å². The van der Waals surface area contributed by atoms with Gasteiger partial charge in [0.05, 0.1) is 69.3 Å². The second-order valence-corrected chi connectivity index (χ2v) is 52.8. The molecule has 8 bridgehead atoms. The van der Waals surface area contributed by atoms with Gasteiger partial charge in [0, 0.05) is 136 Å². The van der Waals surface area contributed by atoms with Crippen molar-refractivity contribution >= 4 is 99.1 Å². The number of hydrogen-bond donors (Lipinski definition) is 12. The van der Waals surface area contributed by atoms with Crippen molar-refractivity contribution in [3.63, 3.8) is 0 Å². The van der Waals surface area contributed by atoms with Crippen molar-refractivity contribution in [2.75, 3.05) is 52.4 Å². The van der Waals surface area contributed by atoms with Crippen LogP contribution >= 0.6 is 0 Å². The number of fused-ring (bicyclic) bond motifs is 8. The quantitative estimate of drug-likeness (QED) is 0.0385. The summed E-state index contributed by atoms with van der Waals surface area (Å²) >= 11 is 0. The zero-order valence-electron chi connectivity index (χ0n) is 69.3. The van der Waals surface area contributed by atoms with E-state index in [9.17, 15) is 20.4 Å². The molecule has 2 aliphatic rings. The molecule has 556 valence electrons. The SMILES string of the molecule is CC[Si](CC)(CC)c1cc2c(O)c(c1)C[NH2+]CC(C)(C)C[NH2+]Cc1cc([Si](CC)(CC)CC)cc(c1O)CNCC(C)(C)CNC2.CC[Si](CC)(CC)c1cc2c(O)c(c1)C[NH2+]CC(C)(C)C[NH2+]Cc1cc([Si](CC)(CC)CC)cc(c1O)CNCC(C)(C)CNC2.[CH3-].[CH3-].[CH3-].[CH3-].[Mg+2].[Mg+2].[Zn].[Zn]. The maximum absolute atomic E-state index is 11.5. The van der Waals surface area contributed by atoms with Gasteiger partial charge < -0.3 is 92.7 Å². The number of benzene rings is 4. The van der Waals surface area contributed by atoms with Gasteiger partial charge in [-0.05, 0) is 38.5 Å². The van der Waals surface area contributed by atoms with E-state index in [1.165, 1.54) is 93.3 Å². The summed E-state index contributed by atoms with van der Waals surface area (Å²) in [5.74, 6) is 1.90. The van der Waals surface area contributed by atoms with Gasteiger partial charge in [0.1, 0.15) is 49.2 Å². The van der Waals surface area contributed by atoms with E-state index in [2.05, 4.69) is 230 Å². The van der Waals surface area contributed by atoms with Crippen LogP contribution < -0.4 is 63.3 Å². The molecule has 4 aromatic rings. The second-order valence-electron chi connectivity index (χ2n) is 31.8. The summed E-state index contributed by atoms with van der Waals surface area (Å²) in [4.78, 5) is 0. The maximum Gasteiger partial charge on any atom is 2.00 e. The van der Waals surface area contributed by atoms with Crippen LogP contribution in [0, 0.1) is 51.4 Å². The number of phenolic OH excluding ortho intramolecular Hbond substituents is 4. The van der Waals surface area contributed by atoms with E-state index in [0.29, 0.717) is 49.2 Å². The largest absolute Gasteiger partial charge is 2.00 e. The average Bonchev–Trinajstić information content (AvgIpc) is 0.812. The molecule has 2 aliphatic heterocycles. The van der Waals surface area contributed by atoms with Gasteiger partial charge in [0.15, 0.2) is 0 Å². The molecule has 0 saturated heterocycles. The molecule has 0 amide bonds. The minimum absolute atomic E-state index is 0. The summed E-state index contributed by atoms with van der Waals surface area (Å²) < 4.78 is 0. The van der Waals surface area contributed by atoms with Gasteiger partial charge in [0.2, 0.25) is 0 Å². The van der Waals surface area contributed by atoms with E-state index in [1.807, 2.05) is 0 Å². The van der Waals surface area contributed by atoms with Crippen LogP contribution in [0.15, 0.2) is 48.5 Å². The Morgan fingerprint density at radius 2 is 0.440 bits per heavy atom. The first-order valence-corrected chi connectivity index (χ1v) is 47.5. The minimum atomic E-state index is -1.61. The molecule has 0 spiro atoms. The van der Waals surface area contributed by atoms with E-state index < -0.39 is 32.3 Å². The normalized spacial score (nSPS) is 17.2. The number of nitrogens with one attached hydrogen (secondary N) is 4. The Kier molecular flexibility index (Phi) is 50.8. The smallest absolute Gasteiger partial charge is 0.507 e. The fraction of sp³-hybridized carbons (Fsp3) is 0.650. The standard InChI is InChI=1S/2C38H68N4O2Si2.4CH3.2Mg.2Zn/c2*1-11-45(12-2,13-3)33-17-29-21-39-25-37(7,8)27-41-23-31-19-34(46(14-4,15-5)16-6)20-32(36(31)44)24-42-28-38(9,10)26-40-22-30(18-33)35(29)43;;;;;;;;/h2*17-20,39-44H,11-16,21-28H2,1-10H3;4*1H3;;;;/q;;4*-1;2*+2;;/p+4. The molecule has 0 radical (unpaired) electrons. The van der Waals surface area contributed by atoms with Gasteiger partial charge in [-0.25, -0.2) is 0 Å². The first-order chi connectivity index (χ1) is 43.5. The third-order valence-corrected chi connectivity index (χ3v) is 45.9. The van der Waals surface area contributed by atoms with E-state index in [-0.39, 0.29) is 136 Å². The average molecular weight is 1580 g/mol. The summed E-state index contributed by atoms with van der Waals surface area (Å²) in [6.45, 7) is 60.0. The molecule has 0 unspecified atom stereocenters. The zero-order chi connectivity index (χ0) is 68.4. The third-order valence-electron chi connectivity index (χ3n) is 23.6. The summed E-state index contributed by atoms with van der Waals surface area (Å²) in [6, 6.07) is 33.6. The minimum Gasteiger partial charge on any atom is -0.507 e. The molecule has 0 aromatic heterocycles. The molecule has 20 heteroatoms. The maximum atomic E-state index is 11.5. The zero-order valence-corrected chi connectivity index (χ0v) is 82.1. The predicted molar refractivity (Wildman–Crippen MR) is 441 cm³/mol. The Labute approximate surface area is 677 Å². The number of phenols is 4. The van der Waals surface area contributed by atoms with Gasteiger partial charge in [-0.1, -0.05) is 253 Å². The van der Waals surface area contributed by atoms with Gasteiger partial charge in [-0.15, -0.1) is 0 Å². The van der Waals surface area contributed by atoms with Crippen molar-refractivity contribution in [2.24, 2.45) is 21.7 Å². The first-order valence-electron chi connectivity index (χ1n) is 37.0. The predicted octanol–water partition coefficient (Wildman–Crippen LogP) is 10.2. The second kappa shape index (κ2) is 48.0. The summed E-state index contributed by atoms with van der Waals surface area (Å²) in [5.41, 5.74) is 8.73. The van der Waals surface area contributed by atoms with Crippen LogP contribution in [-0.4, -0.2) is 151 Å². The molecule has 16 N–H and O–H groups in total. The molecule has 0 saturated carbocycles. The molecule has 12 nitrogen and oxygen atoms in total. The Morgan fingerprint density at radius 3 is 0.590 bits per heavy atom. The number of quaternary nitrogens is 4. The Hall–Kier alpha value is -0.593. The third kappa shape index (κ3) is 28.1. The number of hydrogen-bond acceptors (Lipinski definition) is 8. The molecule has 0 atom stereocenters. The summed E-state index contributed by atoms with van der Waals surface area (Å²) in [6.07, 6.45) is 0. The van der Waals surface area contributed by atoms with Crippen LogP contribution in [0.5, 0.6) is 23.0 Å². The van der Waals surface area contributed by atoms with E-state index in [0.717, 1.165) is 123 Å². The summed E-state index contributed by atoms with van der Waals surface area (Å²) in [7, 11) is -6.42. The van der Waals surface area contributed by atoms with Crippen LogP contribution in [0.2, 0.25) is 72.5 Å². The van der Waals surface area contributed by atoms with Crippen LogP contribution in [-0.2, 0) is 91.3 Å². The van der Waals surface area contributed by atoms with Gasteiger partial charge in [-0.3, -0.25) is 0 Å². The topological polar surface area (TPSA) is 195 Å². The molecule has 0 fully saturated rings. The van der Waals surface area contributed by atoms with E-state index >= 15 is 0 Å². The molecule has 4 aromatic carbocycles. The molecule has 0 aliphatic carbocycles. The molecule has 6 rings (SSSR count). The van der Waals surface area contributed by atoms with Crippen LogP contribution in [0.1, 0.15) is 183 Å². The Balaban J connectivity index is -0.000000853. The van der Waals surface area contributed by atoms with Crippen molar-refractivity contribution in [3.8, 4) is 23.0 Å². The molecular weight excluding hydrogens is 1430 g/mol. The number of aromatic hydroxyl groups is 4. The number of rotatable bonds is 16. The Morgan fingerprint density at radius 1 is 0.290 bits per heavy atom. The van der Waals surface area contributed by atoms with Crippen LogP contribution in [0.4, 0.5) is 0 Å². The van der Waals surface area contributed by atoms with Gasteiger partial charge in [-0.2, -0.15) is 0 Å². The molecule has 2 heterocycles. The van der Waals surface area contributed by atoms with Crippen molar-refractivity contribution in [1.29, 1.82) is 0 Å². The van der Waals surface area contributed by atoms with Crippen LogP contribution in [0.3, 0.4) is 0 Å². The van der Waals surface area contributed by atoms with E-state index in [1.54, 1.807) is 0 Å². The number of nitrogens with two attached hydrogens (primary N) is 4. The van der Waals surface area contributed by atoms with Gasteiger partial charge in [0.25, 0.3) is 0 Å². The Bertz CT molecular complexity index is 2410. The fourth-order valence-electron chi connectivity index (χ4n) is 15.8.